The highest BCUT2D eigenvalue weighted by atomic mass is 79.9. The molecule has 0 rings (SSSR count). The van der Waals surface area contributed by atoms with Crippen molar-refractivity contribution in [3.63, 3.8) is 0 Å². The van der Waals surface area contributed by atoms with E-state index in [-0.39, 0.29) is 23.6 Å². The lowest BCUT2D eigenvalue weighted by Gasteiger charge is -2.35. The largest absolute Gasteiger partial charge is 1.00 e. The zero-order valence-electron chi connectivity index (χ0n) is 13.4. The third-order valence-electron chi connectivity index (χ3n) is 3.37. The van der Waals surface area contributed by atoms with Crippen molar-refractivity contribution in [2.45, 2.75) is 13.8 Å². The summed E-state index contributed by atoms with van der Waals surface area (Å²) < 4.78 is 10.6. The van der Waals surface area contributed by atoms with Gasteiger partial charge in [-0.25, -0.2) is 9.59 Å². The molecule has 0 aliphatic heterocycles. The van der Waals surface area contributed by atoms with E-state index in [1.165, 1.54) is 6.08 Å². The summed E-state index contributed by atoms with van der Waals surface area (Å²) in [6, 6.07) is 0. The molecule has 0 bridgehead atoms. The van der Waals surface area contributed by atoms with Crippen LogP contribution in [0.25, 0.3) is 0 Å². The molecule has 0 heterocycles. The first kappa shape index (κ1) is 22.9. The third kappa shape index (κ3) is 9.52. The summed E-state index contributed by atoms with van der Waals surface area (Å²) in [4.78, 5) is 22.6. The first-order valence-corrected chi connectivity index (χ1v) is 7.12. The molecule has 22 heavy (non-hydrogen) atoms. The Balaban J connectivity index is 0. The maximum absolute atomic E-state index is 11.5. The molecule has 5 nitrogen and oxygen atoms in total. The number of carbonyl (C=O) groups excluding carboxylic acids is 2. The smallest absolute Gasteiger partial charge is 0.331 e. The average molecular weight is 376 g/mol. The number of quaternary nitrogens is 1. The first-order valence-electron chi connectivity index (χ1n) is 7.12. The topological polar surface area (TPSA) is 52.6 Å². The lowest BCUT2D eigenvalue weighted by Crippen LogP contribution is -3.00. The summed E-state index contributed by atoms with van der Waals surface area (Å²) in [6.45, 7) is 15.3. The molecule has 0 saturated heterocycles. The molecule has 0 radical (unpaired) electrons. The van der Waals surface area contributed by atoms with Crippen molar-refractivity contribution in [3.05, 3.63) is 37.5 Å². The van der Waals surface area contributed by atoms with Gasteiger partial charge in [0.25, 0.3) is 0 Å². The van der Waals surface area contributed by atoms with Gasteiger partial charge >= 0.3 is 11.9 Å². The van der Waals surface area contributed by atoms with E-state index in [9.17, 15) is 9.59 Å². The summed E-state index contributed by atoms with van der Waals surface area (Å²) in [7, 11) is 0. The van der Waals surface area contributed by atoms with Gasteiger partial charge in [-0.2, -0.15) is 0 Å². The molecule has 6 heteroatoms. The Labute approximate surface area is 143 Å². The second kappa shape index (κ2) is 13.3. The molecule has 0 fully saturated rings. The fourth-order valence-corrected chi connectivity index (χ4v) is 1.88. The number of ether oxygens (including phenoxy) is 2. The van der Waals surface area contributed by atoms with Gasteiger partial charge in [0.15, 0.2) is 0 Å². The van der Waals surface area contributed by atoms with Crippen LogP contribution in [0.1, 0.15) is 13.8 Å². The summed E-state index contributed by atoms with van der Waals surface area (Å²) >= 11 is 0. The van der Waals surface area contributed by atoms with Crippen LogP contribution in [-0.2, 0) is 19.1 Å². The highest BCUT2D eigenvalue weighted by Gasteiger charge is 2.21. The van der Waals surface area contributed by atoms with E-state index in [4.69, 9.17) is 9.47 Å². The van der Waals surface area contributed by atoms with Crippen molar-refractivity contribution in [2.75, 3.05) is 39.4 Å². The van der Waals surface area contributed by atoms with E-state index in [1.54, 1.807) is 0 Å². The Morgan fingerprint density at radius 2 is 1.55 bits per heavy atom. The summed E-state index contributed by atoms with van der Waals surface area (Å²) in [6.07, 6.45) is 5.46. The number of halogens is 1. The van der Waals surface area contributed by atoms with Crippen LogP contribution >= 0.6 is 0 Å². The molecule has 0 aromatic carbocycles. The second-order valence-electron chi connectivity index (χ2n) is 4.59. The Hall–Kier alpha value is -1.40. The molecule has 0 aliphatic rings. The van der Waals surface area contributed by atoms with Gasteiger partial charge in [0.2, 0.25) is 0 Å². The Morgan fingerprint density at radius 3 is 2.00 bits per heavy atom. The predicted octanol–water partition coefficient (Wildman–Crippen LogP) is -1.14. The molecule has 126 valence electrons. The van der Waals surface area contributed by atoms with E-state index in [0.717, 1.165) is 42.8 Å². The Morgan fingerprint density at radius 1 is 1.00 bits per heavy atom. The minimum atomic E-state index is -0.592. The second-order valence-corrected chi connectivity index (χ2v) is 4.59. The summed E-state index contributed by atoms with van der Waals surface area (Å²) in [5.74, 6) is -1.14. The van der Waals surface area contributed by atoms with Crippen molar-refractivity contribution < 1.29 is 40.5 Å². The van der Waals surface area contributed by atoms with E-state index in [2.05, 4.69) is 27.0 Å². The van der Waals surface area contributed by atoms with Crippen molar-refractivity contribution in [1.82, 2.24) is 0 Å². The van der Waals surface area contributed by atoms with Crippen LogP contribution < -0.4 is 17.0 Å². The molecule has 0 amide bonds. The van der Waals surface area contributed by atoms with Gasteiger partial charge in [0.1, 0.15) is 19.8 Å². The van der Waals surface area contributed by atoms with Crippen LogP contribution in [-0.4, -0.2) is 55.8 Å². The lowest BCUT2D eigenvalue weighted by atomic mass is 10.3. The van der Waals surface area contributed by atoms with Gasteiger partial charge in [0.05, 0.1) is 19.6 Å². The van der Waals surface area contributed by atoms with Crippen LogP contribution in [0.15, 0.2) is 37.5 Å². The summed E-state index contributed by atoms with van der Waals surface area (Å²) in [5.41, 5.74) is 0. The van der Waals surface area contributed by atoms with Crippen LogP contribution in [0, 0.1) is 0 Å². The number of hydrogen-bond acceptors (Lipinski definition) is 4. The van der Waals surface area contributed by atoms with Gasteiger partial charge in [0, 0.05) is 12.2 Å². The number of nitrogens with zero attached hydrogens (tertiary/aromatic N) is 1. The first-order chi connectivity index (χ1) is 10.0. The fraction of sp³-hybridized carbons (Fsp3) is 0.500. The predicted molar refractivity (Wildman–Crippen MR) is 82.5 cm³/mol. The van der Waals surface area contributed by atoms with Gasteiger partial charge in [-0.1, -0.05) is 19.2 Å². The number of likely N-dealkylation sites (N-methyl/N-ethyl adjacent to an activating group) is 1. The Bertz CT molecular complexity index is 390. The molecular formula is C16H26BrNO4. The molecule has 0 atom stereocenters. The van der Waals surface area contributed by atoms with Crippen molar-refractivity contribution >= 4 is 11.9 Å². The van der Waals surface area contributed by atoms with E-state index in [1.807, 2.05) is 6.08 Å². The molecule has 0 unspecified atom stereocenters. The minimum absolute atomic E-state index is 0. The molecule has 0 aromatic heterocycles. The molecule has 0 aliphatic carbocycles. The van der Waals surface area contributed by atoms with E-state index in [0.29, 0.717) is 6.61 Å². The average Bonchev–Trinajstić information content (AvgIpc) is 2.50. The van der Waals surface area contributed by atoms with E-state index >= 15 is 0 Å². The highest BCUT2D eigenvalue weighted by Crippen LogP contribution is 2.06. The van der Waals surface area contributed by atoms with Crippen molar-refractivity contribution in [1.29, 1.82) is 0 Å². The third-order valence-corrected chi connectivity index (χ3v) is 3.37. The van der Waals surface area contributed by atoms with Gasteiger partial charge in [-0.15, -0.1) is 0 Å². The standard InChI is InChI=1S/C16H26NO4.BrH/c1-5-11-17(7-3,8-4)12-14-21-16(19)10-9-15(18)20-13-6-2;/h5-6,9-10H,1-2,7-8,11-14H2,3-4H3;1H/q+1;/p-1. The SMILES string of the molecule is C=CCOC(=O)C=CC(=O)OCC[N+](CC)(CC)CC=C.[Br-]. The van der Waals surface area contributed by atoms with Crippen LogP contribution in [0.3, 0.4) is 0 Å². The molecule has 0 aromatic rings. The molecule has 0 N–H and O–H groups in total. The lowest BCUT2D eigenvalue weighted by molar-refractivity contribution is -0.919. The van der Waals surface area contributed by atoms with Crippen molar-refractivity contribution in [2.24, 2.45) is 0 Å². The fourth-order valence-electron chi connectivity index (χ4n) is 1.88. The minimum Gasteiger partial charge on any atom is -1.00 e. The van der Waals surface area contributed by atoms with Crippen LogP contribution in [0.5, 0.6) is 0 Å². The monoisotopic (exact) mass is 375 g/mol. The molecular weight excluding hydrogens is 350 g/mol. The number of hydrogen-bond donors (Lipinski definition) is 0. The van der Waals surface area contributed by atoms with Gasteiger partial charge in [-0.05, 0) is 19.9 Å². The van der Waals surface area contributed by atoms with Gasteiger partial charge < -0.3 is 30.9 Å². The van der Waals surface area contributed by atoms with Crippen LogP contribution in [0.2, 0.25) is 0 Å². The van der Waals surface area contributed by atoms with Crippen molar-refractivity contribution in [3.8, 4) is 0 Å². The number of esters is 2. The number of carbonyl (C=O) groups is 2. The molecule has 0 spiro atoms. The normalized spacial score (nSPS) is 10.6. The number of rotatable bonds is 11. The van der Waals surface area contributed by atoms with Crippen LogP contribution in [0.4, 0.5) is 0 Å². The molecule has 0 saturated carbocycles. The quantitative estimate of drug-likeness (QED) is 0.198. The zero-order valence-corrected chi connectivity index (χ0v) is 15.0. The van der Waals surface area contributed by atoms with Gasteiger partial charge in [-0.3, -0.25) is 0 Å². The zero-order chi connectivity index (χ0) is 16.1. The maximum atomic E-state index is 11.5. The Kier molecular flexibility index (Phi) is 13.8. The highest BCUT2D eigenvalue weighted by molar-refractivity contribution is 5.91. The summed E-state index contributed by atoms with van der Waals surface area (Å²) in [5, 5.41) is 0. The van der Waals surface area contributed by atoms with E-state index < -0.39 is 11.9 Å². The maximum Gasteiger partial charge on any atom is 0.331 e.